The molecular formula is C30H23FN2O6. The summed E-state index contributed by atoms with van der Waals surface area (Å²) >= 11 is 0. The Morgan fingerprint density at radius 1 is 0.974 bits per heavy atom. The highest BCUT2D eigenvalue weighted by molar-refractivity contribution is 5.91. The summed E-state index contributed by atoms with van der Waals surface area (Å²) in [6.45, 7) is 0.249. The van der Waals surface area contributed by atoms with Crippen molar-refractivity contribution in [2.75, 3.05) is 13.2 Å². The number of nitriles is 1. The highest BCUT2D eigenvalue weighted by atomic mass is 19.1. The van der Waals surface area contributed by atoms with Gasteiger partial charge in [-0.25, -0.2) is 9.18 Å². The number of halogens is 1. The van der Waals surface area contributed by atoms with Gasteiger partial charge in [-0.2, -0.15) is 5.26 Å². The number of hydrogen-bond donors (Lipinski definition) is 1. The standard InChI is InChI=1S/C30H23FN2O6/c31-20-11-9-17(10-12-20)13-19-7-4-8-22-25(19)26(21(14-32)29(34)33-22)38-23-15-36-28-24(16-37-27(23)28)39-30(35)18-5-2-1-3-6-18/h1-12,23-24,27-28H,13,15-16H2,(H,33,34)/t23-,24-,27+,28+/m0/s1. The molecule has 0 spiro atoms. The fourth-order valence-electron chi connectivity index (χ4n) is 5.14. The maximum absolute atomic E-state index is 13.5. The van der Waals surface area contributed by atoms with E-state index < -0.39 is 35.9 Å². The van der Waals surface area contributed by atoms with E-state index in [4.69, 9.17) is 18.9 Å². The number of aromatic nitrogens is 1. The van der Waals surface area contributed by atoms with Gasteiger partial charge < -0.3 is 23.9 Å². The Labute approximate surface area is 222 Å². The van der Waals surface area contributed by atoms with Crippen molar-refractivity contribution in [1.82, 2.24) is 4.98 Å². The number of nitrogens with one attached hydrogen (secondary N) is 1. The van der Waals surface area contributed by atoms with Crippen molar-refractivity contribution in [3.63, 3.8) is 0 Å². The molecule has 0 bridgehead atoms. The number of pyridine rings is 1. The Morgan fingerprint density at radius 2 is 1.69 bits per heavy atom. The second kappa shape index (κ2) is 10.3. The Bertz CT molecular complexity index is 1630. The Hall–Kier alpha value is -4.52. The Balaban J connectivity index is 1.29. The quantitative estimate of drug-likeness (QED) is 0.380. The van der Waals surface area contributed by atoms with Crippen LogP contribution in [0.15, 0.2) is 77.6 Å². The predicted molar refractivity (Wildman–Crippen MR) is 138 cm³/mol. The first-order chi connectivity index (χ1) is 19.0. The molecule has 0 saturated carbocycles. The van der Waals surface area contributed by atoms with Crippen molar-refractivity contribution < 1.29 is 28.1 Å². The second-order valence-corrected chi connectivity index (χ2v) is 9.47. The van der Waals surface area contributed by atoms with Crippen LogP contribution in [0.3, 0.4) is 0 Å². The third-order valence-electron chi connectivity index (χ3n) is 7.00. The summed E-state index contributed by atoms with van der Waals surface area (Å²) < 4.78 is 37.3. The zero-order chi connectivity index (χ0) is 26.9. The molecule has 196 valence electrons. The summed E-state index contributed by atoms with van der Waals surface area (Å²) in [5.74, 6) is -0.677. The predicted octanol–water partition coefficient (Wildman–Crippen LogP) is 3.90. The van der Waals surface area contributed by atoms with E-state index in [1.165, 1.54) is 12.1 Å². The molecule has 2 saturated heterocycles. The fraction of sp³-hybridized carbons (Fsp3) is 0.233. The first-order valence-corrected chi connectivity index (χ1v) is 12.5. The monoisotopic (exact) mass is 526 g/mol. The maximum atomic E-state index is 13.5. The minimum atomic E-state index is -0.647. The largest absolute Gasteiger partial charge is 0.483 e. The average molecular weight is 527 g/mol. The van der Waals surface area contributed by atoms with Crippen LogP contribution in [0.4, 0.5) is 4.39 Å². The molecule has 1 aromatic heterocycles. The van der Waals surface area contributed by atoms with Crippen LogP contribution in [0.2, 0.25) is 0 Å². The van der Waals surface area contributed by atoms with Gasteiger partial charge in [0.1, 0.15) is 24.1 Å². The molecule has 1 N–H and O–H groups in total. The van der Waals surface area contributed by atoms with Crippen molar-refractivity contribution in [3.8, 4) is 11.8 Å². The van der Waals surface area contributed by atoms with Crippen molar-refractivity contribution in [2.45, 2.75) is 30.8 Å². The summed E-state index contributed by atoms with van der Waals surface area (Å²) in [6.07, 6.45) is -1.97. The van der Waals surface area contributed by atoms with Gasteiger partial charge in [0.2, 0.25) is 0 Å². The molecule has 0 amide bonds. The van der Waals surface area contributed by atoms with Crippen molar-refractivity contribution >= 4 is 16.9 Å². The van der Waals surface area contributed by atoms with Crippen LogP contribution in [0.25, 0.3) is 10.9 Å². The number of nitrogens with zero attached hydrogens (tertiary/aromatic N) is 1. The third-order valence-corrected chi connectivity index (χ3v) is 7.00. The van der Waals surface area contributed by atoms with Crippen LogP contribution < -0.4 is 10.3 Å². The van der Waals surface area contributed by atoms with Gasteiger partial charge in [0, 0.05) is 5.39 Å². The molecule has 2 aliphatic rings. The summed E-state index contributed by atoms with van der Waals surface area (Å²) in [6, 6.07) is 22.2. The van der Waals surface area contributed by atoms with Gasteiger partial charge >= 0.3 is 5.97 Å². The summed E-state index contributed by atoms with van der Waals surface area (Å²) in [4.78, 5) is 28.1. The molecule has 3 aromatic carbocycles. The number of carbonyl (C=O) groups is 1. The lowest BCUT2D eigenvalue weighted by Gasteiger charge is -2.21. The number of ether oxygens (including phenoxy) is 4. The number of esters is 1. The van der Waals surface area contributed by atoms with Gasteiger partial charge in [-0.3, -0.25) is 4.79 Å². The van der Waals surface area contributed by atoms with Gasteiger partial charge in [-0.15, -0.1) is 0 Å². The second-order valence-electron chi connectivity index (χ2n) is 9.47. The van der Waals surface area contributed by atoms with E-state index in [0.717, 1.165) is 11.1 Å². The van der Waals surface area contributed by atoms with Crippen molar-refractivity contribution in [2.24, 2.45) is 0 Å². The molecule has 4 aromatic rings. The third kappa shape index (κ3) is 4.76. The Morgan fingerprint density at radius 3 is 2.44 bits per heavy atom. The molecular weight excluding hydrogens is 503 g/mol. The molecule has 0 radical (unpaired) electrons. The van der Waals surface area contributed by atoms with E-state index >= 15 is 0 Å². The highest BCUT2D eigenvalue weighted by Crippen LogP contribution is 2.36. The van der Waals surface area contributed by atoms with E-state index in [9.17, 15) is 19.2 Å². The minimum absolute atomic E-state index is 0.119. The number of H-pyrrole nitrogens is 1. The van der Waals surface area contributed by atoms with Gasteiger partial charge in [-0.05, 0) is 47.9 Å². The zero-order valence-corrected chi connectivity index (χ0v) is 20.6. The minimum Gasteiger partial charge on any atom is -0.483 e. The number of aromatic amines is 1. The average Bonchev–Trinajstić information content (AvgIpc) is 3.53. The molecule has 3 heterocycles. The van der Waals surface area contributed by atoms with E-state index in [2.05, 4.69) is 4.98 Å². The van der Waals surface area contributed by atoms with Gasteiger partial charge in [0.05, 0.1) is 24.3 Å². The number of rotatable bonds is 6. The molecule has 0 unspecified atom stereocenters. The summed E-state index contributed by atoms with van der Waals surface area (Å²) in [5, 5.41) is 10.4. The number of fused-ring (bicyclic) bond motifs is 2. The number of hydrogen-bond acceptors (Lipinski definition) is 7. The summed E-state index contributed by atoms with van der Waals surface area (Å²) in [5.41, 5.74) is 1.84. The smallest absolute Gasteiger partial charge is 0.338 e. The van der Waals surface area contributed by atoms with Crippen LogP contribution >= 0.6 is 0 Å². The van der Waals surface area contributed by atoms with Crippen LogP contribution in [0.5, 0.6) is 5.75 Å². The van der Waals surface area contributed by atoms with E-state index in [-0.39, 0.29) is 30.3 Å². The van der Waals surface area contributed by atoms with Crippen LogP contribution in [0.1, 0.15) is 27.0 Å². The fourth-order valence-corrected chi connectivity index (χ4v) is 5.14. The van der Waals surface area contributed by atoms with E-state index in [1.54, 1.807) is 48.5 Å². The molecule has 9 heteroatoms. The lowest BCUT2D eigenvalue weighted by Crippen LogP contribution is -2.36. The molecule has 4 atom stereocenters. The van der Waals surface area contributed by atoms with Gasteiger partial charge in [0.15, 0.2) is 23.5 Å². The lowest BCUT2D eigenvalue weighted by molar-refractivity contribution is -0.0189. The number of carbonyl (C=O) groups excluding carboxylic acids is 1. The lowest BCUT2D eigenvalue weighted by atomic mass is 9.98. The zero-order valence-electron chi connectivity index (χ0n) is 20.6. The van der Waals surface area contributed by atoms with E-state index in [0.29, 0.717) is 22.9 Å². The molecule has 6 rings (SSSR count). The topological polar surface area (TPSA) is 111 Å². The SMILES string of the molecule is N#Cc1c(O[C@H]2CO[C@H]3[C@@H]2OC[C@@H]3OC(=O)c2ccccc2)c2c(Cc3ccc(F)cc3)cccc2[nH]c1=O. The molecule has 0 aliphatic carbocycles. The van der Waals surface area contributed by atoms with E-state index in [1.807, 2.05) is 18.2 Å². The normalized spacial score (nSPS) is 21.8. The first-order valence-electron chi connectivity index (χ1n) is 12.5. The maximum Gasteiger partial charge on any atom is 0.338 e. The first kappa shape index (κ1) is 24.8. The van der Waals surface area contributed by atoms with Crippen LogP contribution in [-0.4, -0.2) is 48.6 Å². The molecule has 2 fully saturated rings. The van der Waals surface area contributed by atoms with Gasteiger partial charge in [-0.1, -0.05) is 42.5 Å². The summed E-state index contributed by atoms with van der Waals surface area (Å²) in [7, 11) is 0. The molecule has 2 aliphatic heterocycles. The molecule has 8 nitrogen and oxygen atoms in total. The van der Waals surface area contributed by atoms with Crippen molar-refractivity contribution in [3.05, 3.63) is 111 Å². The van der Waals surface area contributed by atoms with Gasteiger partial charge in [0.25, 0.3) is 5.56 Å². The highest BCUT2D eigenvalue weighted by Gasteiger charge is 2.51. The van der Waals surface area contributed by atoms with Crippen LogP contribution in [0, 0.1) is 17.1 Å². The Kier molecular flexibility index (Phi) is 6.57. The van der Waals surface area contributed by atoms with Crippen LogP contribution in [-0.2, 0) is 20.6 Å². The van der Waals surface area contributed by atoms with Crippen molar-refractivity contribution in [1.29, 1.82) is 5.26 Å². The molecule has 39 heavy (non-hydrogen) atoms. The number of benzene rings is 3.